The maximum absolute atomic E-state index is 10.5. The molecule has 0 aliphatic carbocycles. The first-order chi connectivity index (χ1) is 8.66. The van der Waals surface area contributed by atoms with Crippen LogP contribution in [0.2, 0.25) is 0 Å². The molecule has 0 radical (unpaired) electrons. The number of carboxylic acids is 1. The van der Waals surface area contributed by atoms with Gasteiger partial charge in [-0.15, -0.1) is 11.3 Å². The van der Waals surface area contributed by atoms with E-state index in [2.05, 4.69) is 9.97 Å². The standard InChI is InChI=1S/C12H13N3O2S/c1-15(5-4-12(16)17)11-8-13-7-9(14-11)10-3-2-6-18-10/h2-3,6-8H,4-5H2,1H3,(H,16,17). The third kappa shape index (κ3) is 3.04. The number of aromatic nitrogens is 2. The van der Waals surface area contributed by atoms with Crippen molar-refractivity contribution in [2.24, 2.45) is 0 Å². The zero-order valence-corrected chi connectivity index (χ0v) is 10.7. The molecular formula is C12H13N3O2S. The molecule has 94 valence electrons. The maximum atomic E-state index is 10.5. The summed E-state index contributed by atoms with van der Waals surface area (Å²) in [5.41, 5.74) is 0.810. The van der Waals surface area contributed by atoms with E-state index in [1.807, 2.05) is 24.6 Å². The van der Waals surface area contributed by atoms with E-state index in [-0.39, 0.29) is 6.42 Å². The lowest BCUT2D eigenvalue weighted by molar-refractivity contribution is -0.136. The highest BCUT2D eigenvalue weighted by molar-refractivity contribution is 7.13. The van der Waals surface area contributed by atoms with Gasteiger partial charge in [-0.2, -0.15) is 0 Å². The molecule has 0 spiro atoms. The molecule has 2 heterocycles. The quantitative estimate of drug-likeness (QED) is 0.895. The molecule has 0 unspecified atom stereocenters. The van der Waals surface area contributed by atoms with Crippen molar-refractivity contribution in [1.82, 2.24) is 9.97 Å². The number of aliphatic carboxylic acids is 1. The number of thiophene rings is 1. The van der Waals surface area contributed by atoms with Gasteiger partial charge in [-0.3, -0.25) is 9.78 Å². The van der Waals surface area contributed by atoms with Crippen LogP contribution in [0.25, 0.3) is 10.6 Å². The monoisotopic (exact) mass is 263 g/mol. The third-order valence-electron chi connectivity index (χ3n) is 2.45. The minimum absolute atomic E-state index is 0.0847. The van der Waals surface area contributed by atoms with E-state index in [0.717, 1.165) is 10.6 Å². The molecule has 2 aromatic heterocycles. The second-order valence-corrected chi connectivity index (χ2v) is 4.75. The minimum Gasteiger partial charge on any atom is -0.481 e. The molecule has 1 N–H and O–H groups in total. The van der Waals surface area contributed by atoms with Gasteiger partial charge in [0.25, 0.3) is 0 Å². The average Bonchev–Trinajstić information content (AvgIpc) is 2.90. The van der Waals surface area contributed by atoms with Crippen LogP contribution in [0.5, 0.6) is 0 Å². The first kappa shape index (κ1) is 12.5. The van der Waals surface area contributed by atoms with Gasteiger partial charge in [-0.25, -0.2) is 4.98 Å². The molecule has 18 heavy (non-hydrogen) atoms. The van der Waals surface area contributed by atoms with Gasteiger partial charge in [-0.05, 0) is 11.4 Å². The molecule has 2 aromatic rings. The van der Waals surface area contributed by atoms with Gasteiger partial charge < -0.3 is 10.0 Å². The van der Waals surface area contributed by atoms with E-state index in [1.165, 1.54) is 0 Å². The fraction of sp³-hybridized carbons (Fsp3) is 0.250. The van der Waals surface area contributed by atoms with Crippen molar-refractivity contribution in [2.75, 3.05) is 18.5 Å². The van der Waals surface area contributed by atoms with Crippen LogP contribution in [-0.4, -0.2) is 34.6 Å². The van der Waals surface area contributed by atoms with Crippen LogP contribution in [0.4, 0.5) is 5.82 Å². The smallest absolute Gasteiger partial charge is 0.305 e. The predicted octanol–water partition coefficient (Wildman–Crippen LogP) is 2.12. The van der Waals surface area contributed by atoms with E-state index < -0.39 is 5.97 Å². The summed E-state index contributed by atoms with van der Waals surface area (Å²) in [6, 6.07) is 3.94. The van der Waals surface area contributed by atoms with Crippen LogP contribution >= 0.6 is 11.3 Å². The Morgan fingerprint density at radius 1 is 1.50 bits per heavy atom. The molecule has 0 aliphatic rings. The van der Waals surface area contributed by atoms with Gasteiger partial charge in [0.05, 0.1) is 23.7 Å². The highest BCUT2D eigenvalue weighted by Crippen LogP contribution is 2.23. The molecule has 0 aliphatic heterocycles. The van der Waals surface area contributed by atoms with Crippen LogP contribution in [0.3, 0.4) is 0 Å². The Kier molecular flexibility index (Phi) is 3.88. The molecular weight excluding hydrogens is 250 g/mol. The Hall–Kier alpha value is -1.95. The number of nitrogens with zero attached hydrogens (tertiary/aromatic N) is 3. The zero-order chi connectivity index (χ0) is 13.0. The second-order valence-electron chi connectivity index (χ2n) is 3.81. The lowest BCUT2D eigenvalue weighted by Gasteiger charge is -2.16. The number of hydrogen-bond donors (Lipinski definition) is 1. The predicted molar refractivity (Wildman–Crippen MR) is 70.9 cm³/mol. The van der Waals surface area contributed by atoms with Gasteiger partial charge >= 0.3 is 5.97 Å². The third-order valence-corrected chi connectivity index (χ3v) is 3.34. The van der Waals surface area contributed by atoms with Crippen molar-refractivity contribution in [2.45, 2.75) is 6.42 Å². The van der Waals surface area contributed by atoms with E-state index in [9.17, 15) is 4.79 Å². The van der Waals surface area contributed by atoms with E-state index in [0.29, 0.717) is 12.4 Å². The van der Waals surface area contributed by atoms with Crippen molar-refractivity contribution in [1.29, 1.82) is 0 Å². The van der Waals surface area contributed by atoms with Gasteiger partial charge in [0.2, 0.25) is 0 Å². The molecule has 0 aromatic carbocycles. The normalized spacial score (nSPS) is 10.3. The molecule has 0 atom stereocenters. The highest BCUT2D eigenvalue weighted by atomic mass is 32.1. The lowest BCUT2D eigenvalue weighted by atomic mass is 10.3. The topological polar surface area (TPSA) is 66.3 Å². The second kappa shape index (κ2) is 5.59. The Morgan fingerprint density at radius 3 is 3.00 bits per heavy atom. The summed E-state index contributed by atoms with van der Waals surface area (Å²) in [5, 5.41) is 10.6. The van der Waals surface area contributed by atoms with Crippen LogP contribution in [-0.2, 0) is 4.79 Å². The number of carbonyl (C=O) groups is 1. The summed E-state index contributed by atoms with van der Waals surface area (Å²) in [6.07, 6.45) is 3.43. The SMILES string of the molecule is CN(CCC(=O)O)c1cncc(-c2cccs2)n1. The van der Waals surface area contributed by atoms with Gasteiger partial charge in [0.15, 0.2) is 0 Å². The summed E-state index contributed by atoms with van der Waals surface area (Å²) in [5.74, 6) is -0.133. The Balaban J connectivity index is 2.14. The van der Waals surface area contributed by atoms with Crippen LogP contribution in [0.15, 0.2) is 29.9 Å². The molecule has 0 fully saturated rings. The molecule has 2 rings (SSSR count). The largest absolute Gasteiger partial charge is 0.481 e. The van der Waals surface area contributed by atoms with E-state index in [1.54, 1.807) is 28.6 Å². The first-order valence-corrected chi connectivity index (χ1v) is 6.33. The molecule has 0 saturated heterocycles. The first-order valence-electron chi connectivity index (χ1n) is 5.45. The zero-order valence-electron chi connectivity index (χ0n) is 9.91. The van der Waals surface area contributed by atoms with Gasteiger partial charge in [0.1, 0.15) is 11.5 Å². The van der Waals surface area contributed by atoms with Crippen LogP contribution in [0.1, 0.15) is 6.42 Å². The summed E-state index contributed by atoms with van der Waals surface area (Å²) in [6.45, 7) is 0.415. The number of rotatable bonds is 5. The van der Waals surface area contributed by atoms with Crippen LogP contribution in [0, 0.1) is 0 Å². The molecule has 6 heteroatoms. The Morgan fingerprint density at radius 2 is 2.33 bits per heavy atom. The summed E-state index contributed by atoms with van der Waals surface area (Å²) in [4.78, 5) is 22.0. The molecule has 0 saturated carbocycles. The Bertz CT molecular complexity index is 528. The molecule has 5 nitrogen and oxygen atoms in total. The van der Waals surface area contributed by atoms with Crippen molar-refractivity contribution >= 4 is 23.1 Å². The fourth-order valence-electron chi connectivity index (χ4n) is 1.46. The number of anilines is 1. The summed E-state index contributed by atoms with van der Waals surface area (Å²) in [7, 11) is 1.81. The number of hydrogen-bond acceptors (Lipinski definition) is 5. The van der Waals surface area contributed by atoms with Gasteiger partial charge in [0, 0.05) is 13.6 Å². The Labute approximate surface area is 109 Å². The summed E-state index contributed by atoms with van der Waals surface area (Å²) < 4.78 is 0. The highest BCUT2D eigenvalue weighted by Gasteiger charge is 2.08. The van der Waals surface area contributed by atoms with Crippen LogP contribution < -0.4 is 4.90 Å². The number of carboxylic acid groups (broad SMARTS) is 1. The lowest BCUT2D eigenvalue weighted by Crippen LogP contribution is -2.22. The maximum Gasteiger partial charge on any atom is 0.305 e. The fourth-order valence-corrected chi connectivity index (χ4v) is 2.14. The van der Waals surface area contributed by atoms with Crippen molar-refractivity contribution in [3.05, 3.63) is 29.9 Å². The van der Waals surface area contributed by atoms with Crippen molar-refractivity contribution < 1.29 is 9.90 Å². The minimum atomic E-state index is -0.816. The van der Waals surface area contributed by atoms with Crippen molar-refractivity contribution in [3.63, 3.8) is 0 Å². The average molecular weight is 263 g/mol. The van der Waals surface area contributed by atoms with E-state index in [4.69, 9.17) is 5.11 Å². The summed E-state index contributed by atoms with van der Waals surface area (Å²) >= 11 is 1.60. The molecule has 0 amide bonds. The van der Waals surface area contributed by atoms with E-state index >= 15 is 0 Å². The van der Waals surface area contributed by atoms with Crippen molar-refractivity contribution in [3.8, 4) is 10.6 Å². The van der Waals surface area contributed by atoms with Gasteiger partial charge in [-0.1, -0.05) is 6.07 Å². The molecule has 0 bridgehead atoms.